The topological polar surface area (TPSA) is 94.9 Å². The first-order chi connectivity index (χ1) is 13.6. The molecular formula is C21H31N3O4. The van der Waals surface area contributed by atoms with Crippen LogP contribution in [0.2, 0.25) is 0 Å². The molecule has 0 unspecified atom stereocenters. The van der Waals surface area contributed by atoms with Crippen LogP contribution in [0.1, 0.15) is 25.5 Å². The first-order valence-corrected chi connectivity index (χ1v) is 10.4. The van der Waals surface area contributed by atoms with Crippen molar-refractivity contribution in [3.8, 4) is 0 Å². The molecule has 0 spiro atoms. The molecule has 2 saturated heterocycles. The predicted octanol–water partition coefficient (Wildman–Crippen LogP) is 0.413. The maximum Gasteiger partial charge on any atom is 0.224 e. The van der Waals surface area contributed by atoms with Crippen LogP contribution in [0.25, 0.3) is 0 Å². The molecule has 1 saturated carbocycles. The Balaban J connectivity index is 1.47. The summed E-state index contributed by atoms with van der Waals surface area (Å²) in [5.41, 5.74) is 0.812. The highest BCUT2D eigenvalue weighted by atomic mass is 16.5. The molecule has 7 nitrogen and oxygen atoms in total. The standard InChI is InChI=1S/C21H31N3O4/c1-13-18(21(27)23-10-14-4-2-3-7-22-14)16-11-24(15-5-8-28-9-6-15)12-17(16)20(26)19(13)25/h2-4,7,13,15-20,25-26H,5-6,8-12H2,1H3,(H,23,27)/t13-,16+,17+,18+,19+,20+/m1/s1. The van der Waals surface area contributed by atoms with Gasteiger partial charge < -0.3 is 20.3 Å². The zero-order valence-corrected chi connectivity index (χ0v) is 16.4. The maximum absolute atomic E-state index is 13.1. The Morgan fingerprint density at radius 2 is 1.96 bits per heavy atom. The number of aliphatic hydroxyl groups is 2. The molecule has 1 aliphatic carbocycles. The molecule has 1 amide bonds. The second-order valence-corrected chi connectivity index (χ2v) is 8.53. The molecule has 4 rings (SSSR count). The van der Waals surface area contributed by atoms with E-state index in [2.05, 4.69) is 15.2 Å². The Bertz CT molecular complexity index is 667. The van der Waals surface area contributed by atoms with E-state index < -0.39 is 12.2 Å². The molecule has 3 aliphatic rings. The average Bonchev–Trinajstić information content (AvgIpc) is 3.17. The van der Waals surface area contributed by atoms with Gasteiger partial charge in [0.25, 0.3) is 0 Å². The van der Waals surface area contributed by atoms with Gasteiger partial charge in [-0.15, -0.1) is 0 Å². The van der Waals surface area contributed by atoms with Crippen molar-refractivity contribution in [1.29, 1.82) is 0 Å². The minimum atomic E-state index is -0.874. The summed E-state index contributed by atoms with van der Waals surface area (Å²) in [6, 6.07) is 6.07. The Hall–Kier alpha value is -1.54. The molecule has 2 aliphatic heterocycles. The number of nitrogens with one attached hydrogen (secondary N) is 1. The number of amides is 1. The summed E-state index contributed by atoms with van der Waals surface area (Å²) in [5.74, 6) is -0.654. The molecule has 3 fully saturated rings. The fourth-order valence-corrected chi connectivity index (χ4v) is 5.37. The van der Waals surface area contributed by atoms with Crippen LogP contribution in [0.15, 0.2) is 24.4 Å². The Labute approximate surface area is 166 Å². The zero-order chi connectivity index (χ0) is 19.7. The van der Waals surface area contributed by atoms with Crippen molar-refractivity contribution in [3.63, 3.8) is 0 Å². The fraction of sp³-hybridized carbons (Fsp3) is 0.714. The van der Waals surface area contributed by atoms with Crippen LogP contribution in [0.5, 0.6) is 0 Å². The van der Waals surface area contributed by atoms with Crippen molar-refractivity contribution in [2.45, 2.75) is 44.6 Å². The summed E-state index contributed by atoms with van der Waals surface area (Å²) in [5, 5.41) is 24.3. The summed E-state index contributed by atoms with van der Waals surface area (Å²) >= 11 is 0. The SMILES string of the molecule is C[C@H]1[C@H](O)[C@@H](O)[C@H]2CN(C3CCOCC3)C[C@@H]2[C@H]1C(=O)NCc1ccccn1. The number of aromatic nitrogens is 1. The summed E-state index contributed by atoms with van der Waals surface area (Å²) in [6.07, 6.45) is 2.05. The van der Waals surface area contributed by atoms with Gasteiger partial charge in [-0.2, -0.15) is 0 Å². The number of hydrogen-bond donors (Lipinski definition) is 3. The van der Waals surface area contributed by atoms with E-state index in [1.807, 2.05) is 25.1 Å². The number of rotatable bonds is 4. The average molecular weight is 389 g/mol. The van der Waals surface area contributed by atoms with E-state index in [-0.39, 0.29) is 29.6 Å². The summed E-state index contributed by atoms with van der Waals surface area (Å²) in [7, 11) is 0. The third-order valence-corrected chi connectivity index (χ3v) is 6.98. The Kier molecular flexibility index (Phi) is 5.96. The smallest absolute Gasteiger partial charge is 0.224 e. The van der Waals surface area contributed by atoms with Gasteiger partial charge in [-0.1, -0.05) is 13.0 Å². The zero-order valence-electron chi connectivity index (χ0n) is 16.4. The van der Waals surface area contributed by atoms with E-state index in [1.165, 1.54) is 0 Å². The third kappa shape index (κ3) is 3.81. The van der Waals surface area contributed by atoms with Crippen LogP contribution in [0.3, 0.4) is 0 Å². The van der Waals surface area contributed by atoms with E-state index in [4.69, 9.17) is 4.74 Å². The monoisotopic (exact) mass is 389 g/mol. The lowest BCUT2D eigenvalue weighted by molar-refractivity contribution is -0.146. The third-order valence-electron chi connectivity index (χ3n) is 6.98. The number of hydrogen-bond acceptors (Lipinski definition) is 6. The summed E-state index contributed by atoms with van der Waals surface area (Å²) in [4.78, 5) is 19.8. The van der Waals surface area contributed by atoms with Gasteiger partial charge in [0, 0.05) is 50.4 Å². The molecule has 3 heterocycles. The van der Waals surface area contributed by atoms with Crippen molar-refractivity contribution >= 4 is 5.91 Å². The van der Waals surface area contributed by atoms with Crippen LogP contribution >= 0.6 is 0 Å². The van der Waals surface area contributed by atoms with Crippen molar-refractivity contribution in [2.24, 2.45) is 23.7 Å². The first-order valence-electron chi connectivity index (χ1n) is 10.4. The van der Waals surface area contributed by atoms with Gasteiger partial charge in [-0.3, -0.25) is 14.7 Å². The largest absolute Gasteiger partial charge is 0.390 e. The van der Waals surface area contributed by atoms with Crippen molar-refractivity contribution < 1.29 is 19.7 Å². The number of aliphatic hydroxyl groups excluding tert-OH is 2. The number of carbonyl (C=O) groups is 1. The highest BCUT2D eigenvalue weighted by Crippen LogP contribution is 2.44. The van der Waals surface area contributed by atoms with E-state index in [9.17, 15) is 15.0 Å². The van der Waals surface area contributed by atoms with E-state index >= 15 is 0 Å². The first kappa shape index (κ1) is 19.8. The molecule has 28 heavy (non-hydrogen) atoms. The fourth-order valence-electron chi connectivity index (χ4n) is 5.37. The van der Waals surface area contributed by atoms with Gasteiger partial charge in [-0.25, -0.2) is 0 Å². The molecule has 1 aromatic heterocycles. The maximum atomic E-state index is 13.1. The predicted molar refractivity (Wildman–Crippen MR) is 103 cm³/mol. The van der Waals surface area contributed by atoms with Crippen LogP contribution in [-0.4, -0.2) is 70.6 Å². The van der Waals surface area contributed by atoms with Gasteiger partial charge in [0.15, 0.2) is 0 Å². The van der Waals surface area contributed by atoms with Gasteiger partial charge in [0.1, 0.15) is 0 Å². The van der Waals surface area contributed by atoms with Gasteiger partial charge in [-0.05, 0) is 36.8 Å². The molecule has 3 N–H and O–H groups in total. The van der Waals surface area contributed by atoms with Gasteiger partial charge >= 0.3 is 0 Å². The highest BCUT2D eigenvalue weighted by Gasteiger charge is 2.54. The molecule has 6 atom stereocenters. The summed E-state index contributed by atoms with van der Waals surface area (Å²) < 4.78 is 5.48. The quantitative estimate of drug-likeness (QED) is 0.691. The Morgan fingerprint density at radius 3 is 2.68 bits per heavy atom. The highest BCUT2D eigenvalue weighted by molar-refractivity contribution is 5.79. The molecular weight excluding hydrogens is 358 g/mol. The van der Waals surface area contributed by atoms with Gasteiger partial charge in [0.2, 0.25) is 5.91 Å². The molecule has 1 aromatic rings. The number of carbonyl (C=O) groups excluding carboxylic acids is 1. The van der Waals surface area contributed by atoms with Crippen LogP contribution < -0.4 is 5.32 Å². The number of likely N-dealkylation sites (tertiary alicyclic amines) is 1. The van der Waals surface area contributed by atoms with E-state index in [0.717, 1.165) is 44.8 Å². The van der Waals surface area contributed by atoms with Gasteiger partial charge in [0.05, 0.1) is 24.4 Å². The normalized spacial score (nSPS) is 36.8. The molecule has 0 radical (unpaired) electrons. The second kappa shape index (κ2) is 8.45. The number of pyridine rings is 1. The summed E-state index contributed by atoms with van der Waals surface area (Å²) in [6.45, 7) is 5.34. The van der Waals surface area contributed by atoms with Crippen LogP contribution in [0, 0.1) is 23.7 Å². The molecule has 0 aromatic carbocycles. The number of nitrogens with zero attached hydrogens (tertiary/aromatic N) is 2. The van der Waals surface area contributed by atoms with E-state index in [0.29, 0.717) is 12.6 Å². The molecule has 154 valence electrons. The minimum Gasteiger partial charge on any atom is -0.390 e. The lowest BCUT2D eigenvalue weighted by atomic mass is 9.65. The van der Waals surface area contributed by atoms with Crippen molar-refractivity contribution in [2.75, 3.05) is 26.3 Å². The Morgan fingerprint density at radius 1 is 1.21 bits per heavy atom. The second-order valence-electron chi connectivity index (χ2n) is 8.53. The lowest BCUT2D eigenvalue weighted by Crippen LogP contribution is -2.55. The van der Waals surface area contributed by atoms with E-state index in [1.54, 1.807) is 6.20 Å². The van der Waals surface area contributed by atoms with Crippen molar-refractivity contribution in [3.05, 3.63) is 30.1 Å². The molecule has 0 bridgehead atoms. The lowest BCUT2D eigenvalue weighted by Gasteiger charge is -2.43. The number of fused-ring (bicyclic) bond motifs is 1. The van der Waals surface area contributed by atoms with Crippen LogP contribution in [0.4, 0.5) is 0 Å². The van der Waals surface area contributed by atoms with Crippen LogP contribution in [-0.2, 0) is 16.1 Å². The van der Waals surface area contributed by atoms with Crippen molar-refractivity contribution in [1.82, 2.24) is 15.2 Å². The minimum absolute atomic E-state index is 0.0482. The number of ether oxygens (including phenoxy) is 1. The molecule has 7 heteroatoms.